The van der Waals surface area contributed by atoms with E-state index in [1.165, 1.54) is 16.9 Å². The van der Waals surface area contributed by atoms with E-state index in [0.717, 1.165) is 18.4 Å². The van der Waals surface area contributed by atoms with Crippen LogP contribution in [0.4, 0.5) is 10.6 Å². The number of carbonyl (C=O) groups is 3. The molecule has 1 aliphatic rings. The molecule has 0 saturated heterocycles. The number of urea groups is 1. The quantitative estimate of drug-likeness (QED) is 0.577. The van der Waals surface area contributed by atoms with E-state index in [2.05, 4.69) is 21.0 Å². The first kappa shape index (κ1) is 19.4. The van der Waals surface area contributed by atoms with Gasteiger partial charge in [0.1, 0.15) is 12.1 Å². The molecule has 1 aromatic heterocycles. The van der Waals surface area contributed by atoms with Crippen molar-refractivity contribution in [2.24, 2.45) is 0 Å². The van der Waals surface area contributed by atoms with Crippen LogP contribution in [0.1, 0.15) is 31.2 Å². The smallest absolute Gasteiger partial charge is 0.325 e. The fraction of sp³-hybridized carbons (Fsp3) is 0.368. The van der Waals surface area contributed by atoms with Gasteiger partial charge in [-0.3, -0.25) is 14.3 Å². The minimum atomic E-state index is -1.02. The molecule has 0 radical (unpaired) electrons. The molecule has 148 valence electrons. The van der Waals surface area contributed by atoms with Gasteiger partial charge in [-0.1, -0.05) is 43.2 Å². The minimum Gasteiger partial charge on any atom is -0.480 e. The van der Waals surface area contributed by atoms with Crippen LogP contribution < -0.4 is 16.0 Å². The predicted octanol–water partition coefficient (Wildman–Crippen LogP) is 1.72. The summed E-state index contributed by atoms with van der Waals surface area (Å²) < 4.78 is 1.22. The van der Waals surface area contributed by atoms with Crippen LogP contribution in [0.3, 0.4) is 0 Å². The van der Waals surface area contributed by atoms with Crippen molar-refractivity contribution in [1.29, 1.82) is 0 Å². The van der Waals surface area contributed by atoms with Crippen LogP contribution >= 0.6 is 0 Å². The molecule has 9 heteroatoms. The minimum absolute atomic E-state index is 0.254. The first-order chi connectivity index (χ1) is 13.5. The topological polar surface area (TPSA) is 125 Å². The summed E-state index contributed by atoms with van der Waals surface area (Å²) in [4.78, 5) is 36.0. The summed E-state index contributed by atoms with van der Waals surface area (Å²) in [6.45, 7) is 0.0745. The Kier molecular flexibility index (Phi) is 5.93. The van der Waals surface area contributed by atoms with E-state index < -0.39 is 17.5 Å². The van der Waals surface area contributed by atoms with Crippen molar-refractivity contribution in [2.45, 2.75) is 44.3 Å². The average molecular weight is 385 g/mol. The molecule has 0 aliphatic heterocycles. The fourth-order valence-corrected chi connectivity index (χ4v) is 3.32. The summed E-state index contributed by atoms with van der Waals surface area (Å²) in [6, 6.07) is 10.6. The number of nitrogens with zero attached hydrogens (tertiary/aromatic N) is 2. The second-order valence-corrected chi connectivity index (χ2v) is 6.83. The fourth-order valence-electron chi connectivity index (χ4n) is 3.32. The number of hydrogen-bond acceptors (Lipinski definition) is 4. The summed E-state index contributed by atoms with van der Waals surface area (Å²) in [5.74, 6) is -1.12. The van der Waals surface area contributed by atoms with Gasteiger partial charge in [-0.2, -0.15) is 5.10 Å². The van der Waals surface area contributed by atoms with Gasteiger partial charge in [-0.15, -0.1) is 0 Å². The lowest BCUT2D eigenvalue weighted by Crippen LogP contribution is -2.57. The van der Waals surface area contributed by atoms with E-state index in [1.807, 2.05) is 30.3 Å². The van der Waals surface area contributed by atoms with Crippen LogP contribution in [0.2, 0.25) is 0 Å². The third kappa shape index (κ3) is 4.87. The van der Waals surface area contributed by atoms with E-state index in [9.17, 15) is 14.4 Å². The first-order valence-electron chi connectivity index (χ1n) is 9.13. The van der Waals surface area contributed by atoms with Gasteiger partial charge >= 0.3 is 12.0 Å². The molecule has 4 N–H and O–H groups in total. The van der Waals surface area contributed by atoms with Crippen LogP contribution in [-0.4, -0.2) is 38.3 Å². The highest BCUT2D eigenvalue weighted by molar-refractivity contribution is 6.00. The molecule has 1 heterocycles. The molecule has 28 heavy (non-hydrogen) atoms. The highest BCUT2D eigenvalue weighted by Gasteiger charge is 2.42. The number of amides is 3. The van der Waals surface area contributed by atoms with Crippen molar-refractivity contribution in [3.8, 4) is 0 Å². The van der Waals surface area contributed by atoms with Gasteiger partial charge in [-0.25, -0.2) is 4.79 Å². The Morgan fingerprint density at radius 1 is 1.11 bits per heavy atom. The summed E-state index contributed by atoms with van der Waals surface area (Å²) in [5, 5.41) is 21.1. The number of carbonyl (C=O) groups excluding carboxylic acids is 2. The number of aromatic nitrogens is 2. The summed E-state index contributed by atoms with van der Waals surface area (Å²) in [5.41, 5.74) is -0.0382. The van der Waals surface area contributed by atoms with Crippen molar-refractivity contribution in [1.82, 2.24) is 20.4 Å². The highest BCUT2D eigenvalue weighted by Crippen LogP contribution is 2.30. The Morgan fingerprint density at radius 3 is 2.50 bits per heavy atom. The molecule has 1 aliphatic carbocycles. The van der Waals surface area contributed by atoms with Crippen LogP contribution in [-0.2, 0) is 22.7 Å². The molecule has 2 aromatic rings. The van der Waals surface area contributed by atoms with Crippen molar-refractivity contribution in [2.75, 3.05) is 5.32 Å². The van der Waals surface area contributed by atoms with E-state index in [-0.39, 0.29) is 18.3 Å². The maximum absolute atomic E-state index is 12.9. The van der Waals surface area contributed by atoms with E-state index >= 15 is 0 Å². The van der Waals surface area contributed by atoms with Gasteiger partial charge in [0, 0.05) is 18.8 Å². The Bertz CT molecular complexity index is 843. The number of carboxylic acids is 1. The molecule has 1 fully saturated rings. The van der Waals surface area contributed by atoms with E-state index in [0.29, 0.717) is 19.4 Å². The lowest BCUT2D eigenvalue weighted by molar-refractivity contribution is -0.137. The standard InChI is InChI=1S/C19H23N5O4/c25-16(26)13-24-11-8-15(23-24)21-17(27)19(9-4-5-10-19)22-18(28)20-12-14-6-2-1-3-7-14/h1-3,6-8,11H,4-5,9-10,12-13H2,(H,25,26)(H2,20,22,28)(H,21,23,27). The number of rotatable bonds is 7. The largest absolute Gasteiger partial charge is 0.480 e. The highest BCUT2D eigenvalue weighted by atomic mass is 16.4. The van der Waals surface area contributed by atoms with Crippen molar-refractivity contribution < 1.29 is 19.5 Å². The third-order valence-corrected chi connectivity index (χ3v) is 4.72. The predicted molar refractivity (Wildman–Crippen MR) is 102 cm³/mol. The normalized spacial score (nSPS) is 15.0. The van der Waals surface area contributed by atoms with E-state index in [4.69, 9.17) is 5.11 Å². The zero-order valence-corrected chi connectivity index (χ0v) is 15.4. The molecular formula is C19H23N5O4. The number of nitrogens with one attached hydrogen (secondary N) is 3. The van der Waals surface area contributed by atoms with Gasteiger partial charge in [-0.05, 0) is 18.4 Å². The van der Waals surface area contributed by atoms with Gasteiger partial charge in [0.15, 0.2) is 5.82 Å². The number of aliphatic carboxylic acids is 1. The zero-order chi connectivity index (χ0) is 20.0. The SMILES string of the molecule is O=C(O)Cn1ccc(NC(=O)C2(NC(=O)NCc3ccccc3)CCCC2)n1. The number of benzene rings is 1. The van der Waals surface area contributed by atoms with Crippen molar-refractivity contribution in [3.63, 3.8) is 0 Å². The Labute approximate surface area is 162 Å². The van der Waals surface area contributed by atoms with Crippen molar-refractivity contribution in [3.05, 3.63) is 48.2 Å². The summed E-state index contributed by atoms with van der Waals surface area (Å²) in [6.07, 6.45) is 4.21. The van der Waals surface area contributed by atoms with Crippen LogP contribution in [0.25, 0.3) is 0 Å². The Hall–Kier alpha value is -3.36. The average Bonchev–Trinajstić information content (AvgIpc) is 3.31. The van der Waals surface area contributed by atoms with Gasteiger partial charge in [0.05, 0.1) is 0 Å². The number of hydrogen-bond donors (Lipinski definition) is 4. The summed E-state index contributed by atoms with van der Waals surface area (Å²) in [7, 11) is 0. The molecule has 1 saturated carbocycles. The van der Waals surface area contributed by atoms with Crippen LogP contribution in [0, 0.1) is 0 Å². The molecule has 1 aromatic carbocycles. The Balaban J connectivity index is 1.60. The molecule has 3 rings (SSSR count). The van der Waals surface area contributed by atoms with Gasteiger partial charge < -0.3 is 21.1 Å². The second-order valence-electron chi connectivity index (χ2n) is 6.83. The monoisotopic (exact) mass is 385 g/mol. The molecule has 0 bridgehead atoms. The maximum atomic E-state index is 12.9. The summed E-state index contributed by atoms with van der Waals surface area (Å²) >= 11 is 0. The molecule has 0 atom stereocenters. The molecule has 9 nitrogen and oxygen atoms in total. The second kappa shape index (κ2) is 8.55. The molecule has 0 unspecified atom stereocenters. The lowest BCUT2D eigenvalue weighted by atomic mass is 9.96. The Morgan fingerprint density at radius 2 is 1.82 bits per heavy atom. The molecule has 3 amide bonds. The number of anilines is 1. The molecule has 0 spiro atoms. The van der Waals surface area contributed by atoms with Gasteiger partial charge in [0.2, 0.25) is 0 Å². The maximum Gasteiger partial charge on any atom is 0.325 e. The first-order valence-corrected chi connectivity index (χ1v) is 9.13. The van der Waals surface area contributed by atoms with Gasteiger partial charge in [0.25, 0.3) is 5.91 Å². The third-order valence-electron chi connectivity index (χ3n) is 4.72. The molecular weight excluding hydrogens is 362 g/mol. The van der Waals surface area contributed by atoms with Crippen LogP contribution in [0.15, 0.2) is 42.6 Å². The number of carboxylic acid groups (broad SMARTS) is 1. The van der Waals surface area contributed by atoms with Crippen molar-refractivity contribution >= 4 is 23.7 Å². The zero-order valence-electron chi connectivity index (χ0n) is 15.4. The van der Waals surface area contributed by atoms with E-state index in [1.54, 1.807) is 0 Å². The lowest BCUT2D eigenvalue weighted by Gasteiger charge is -2.28. The van der Waals surface area contributed by atoms with Crippen LogP contribution in [0.5, 0.6) is 0 Å².